The molecular weight excluding hydrogens is 388 g/mol. The fourth-order valence-electron chi connectivity index (χ4n) is 4.26. The zero-order valence-electron chi connectivity index (χ0n) is 18.5. The number of likely N-dealkylation sites (tertiary alicyclic amines) is 1. The number of nitrogens with zero attached hydrogens (tertiary/aromatic N) is 3. The minimum Gasteiger partial charge on any atom is -0.349 e. The quantitative estimate of drug-likeness (QED) is 0.641. The maximum absolute atomic E-state index is 13.0. The van der Waals surface area contributed by atoms with Gasteiger partial charge in [-0.2, -0.15) is 4.98 Å². The van der Waals surface area contributed by atoms with Crippen LogP contribution in [0.2, 0.25) is 0 Å². The molecule has 0 aliphatic carbocycles. The van der Waals surface area contributed by atoms with Crippen LogP contribution >= 0.6 is 0 Å². The van der Waals surface area contributed by atoms with Crippen molar-refractivity contribution in [1.82, 2.24) is 20.4 Å². The Labute approximate surface area is 183 Å². The number of aromatic nitrogens is 2. The van der Waals surface area contributed by atoms with Crippen molar-refractivity contribution in [3.05, 3.63) is 71.1 Å². The number of aryl methyl sites for hydroxylation is 2. The number of carbonyl (C=O) groups is 1. The number of carbonyl (C=O) groups excluding carboxylic acids is 1. The largest absolute Gasteiger partial charge is 0.349 e. The van der Waals surface area contributed by atoms with Gasteiger partial charge in [-0.3, -0.25) is 9.69 Å². The standard InChI is InChI=1S/C25H30N4O2/c1-17-11-12-18(2)22(14-17)19(3)26-25(30)21-10-7-13-29(15-21)16-23-27-24(28-31-23)20-8-5-4-6-9-20/h4-6,8-9,11-12,14,19,21H,7,10,13,15-16H2,1-3H3,(H,26,30). The topological polar surface area (TPSA) is 71.3 Å². The van der Waals surface area contributed by atoms with Crippen LogP contribution in [0.1, 0.15) is 48.4 Å². The lowest BCUT2D eigenvalue weighted by Crippen LogP contribution is -2.43. The molecule has 162 valence electrons. The van der Waals surface area contributed by atoms with E-state index in [0.717, 1.165) is 24.9 Å². The van der Waals surface area contributed by atoms with Gasteiger partial charge in [0.2, 0.25) is 17.6 Å². The number of amides is 1. The van der Waals surface area contributed by atoms with Crippen LogP contribution in [0.5, 0.6) is 0 Å². The monoisotopic (exact) mass is 418 g/mol. The van der Waals surface area contributed by atoms with Gasteiger partial charge in [-0.1, -0.05) is 59.3 Å². The molecule has 1 amide bonds. The Balaban J connectivity index is 1.35. The van der Waals surface area contributed by atoms with Gasteiger partial charge in [0.1, 0.15) is 0 Å². The van der Waals surface area contributed by atoms with Crippen molar-refractivity contribution in [2.24, 2.45) is 5.92 Å². The van der Waals surface area contributed by atoms with E-state index in [1.165, 1.54) is 16.7 Å². The molecule has 4 rings (SSSR count). The predicted molar refractivity (Wildman–Crippen MR) is 120 cm³/mol. The van der Waals surface area contributed by atoms with Crippen molar-refractivity contribution in [1.29, 1.82) is 0 Å². The van der Waals surface area contributed by atoms with Gasteiger partial charge in [-0.05, 0) is 51.3 Å². The van der Waals surface area contributed by atoms with E-state index >= 15 is 0 Å². The molecule has 1 aliphatic heterocycles. The van der Waals surface area contributed by atoms with Crippen molar-refractivity contribution in [2.75, 3.05) is 13.1 Å². The minimum atomic E-state index is -0.0298. The second-order valence-corrected chi connectivity index (χ2v) is 8.54. The lowest BCUT2D eigenvalue weighted by molar-refractivity contribution is -0.127. The third-order valence-electron chi connectivity index (χ3n) is 6.00. The van der Waals surface area contributed by atoms with E-state index in [0.29, 0.717) is 24.8 Å². The van der Waals surface area contributed by atoms with Crippen molar-refractivity contribution in [3.63, 3.8) is 0 Å². The SMILES string of the molecule is Cc1ccc(C)c(C(C)NC(=O)C2CCCN(Cc3nc(-c4ccccc4)no3)C2)c1. The molecule has 0 bridgehead atoms. The molecule has 1 aliphatic rings. The van der Waals surface area contributed by atoms with Crippen LogP contribution in [0.25, 0.3) is 11.4 Å². The highest BCUT2D eigenvalue weighted by Crippen LogP contribution is 2.23. The first-order valence-corrected chi connectivity index (χ1v) is 11.0. The molecule has 1 N–H and O–H groups in total. The summed E-state index contributed by atoms with van der Waals surface area (Å²) >= 11 is 0. The van der Waals surface area contributed by atoms with Crippen LogP contribution < -0.4 is 5.32 Å². The van der Waals surface area contributed by atoms with Gasteiger partial charge in [-0.25, -0.2) is 0 Å². The summed E-state index contributed by atoms with van der Waals surface area (Å²) in [6, 6.07) is 16.2. The molecule has 2 heterocycles. The van der Waals surface area contributed by atoms with Gasteiger partial charge in [0.05, 0.1) is 18.5 Å². The Hall–Kier alpha value is -2.99. The minimum absolute atomic E-state index is 0.00727. The number of nitrogens with one attached hydrogen (secondary N) is 1. The fraction of sp³-hybridized carbons (Fsp3) is 0.400. The van der Waals surface area contributed by atoms with Gasteiger partial charge in [-0.15, -0.1) is 0 Å². The molecule has 3 aromatic rings. The van der Waals surface area contributed by atoms with Gasteiger partial charge in [0, 0.05) is 12.1 Å². The van der Waals surface area contributed by atoms with E-state index in [9.17, 15) is 4.79 Å². The summed E-state index contributed by atoms with van der Waals surface area (Å²) in [6.07, 6.45) is 1.89. The van der Waals surface area contributed by atoms with E-state index in [2.05, 4.69) is 59.3 Å². The lowest BCUT2D eigenvalue weighted by atomic mass is 9.95. The average molecular weight is 419 g/mol. The molecule has 6 nitrogen and oxygen atoms in total. The van der Waals surface area contributed by atoms with E-state index < -0.39 is 0 Å². The molecule has 1 aromatic heterocycles. The second-order valence-electron chi connectivity index (χ2n) is 8.54. The van der Waals surface area contributed by atoms with Crippen LogP contribution in [-0.2, 0) is 11.3 Å². The summed E-state index contributed by atoms with van der Waals surface area (Å²) in [5.74, 6) is 1.28. The number of rotatable bonds is 6. The molecule has 2 aromatic carbocycles. The number of hydrogen-bond acceptors (Lipinski definition) is 5. The fourth-order valence-corrected chi connectivity index (χ4v) is 4.26. The number of benzene rings is 2. The predicted octanol–water partition coefficient (Wildman–Crippen LogP) is 4.44. The molecule has 1 fully saturated rings. The summed E-state index contributed by atoms with van der Waals surface area (Å²) in [6.45, 7) is 8.43. The summed E-state index contributed by atoms with van der Waals surface area (Å²) in [5, 5.41) is 7.33. The Morgan fingerprint density at radius 1 is 1.23 bits per heavy atom. The van der Waals surface area contributed by atoms with Crippen LogP contribution in [0.3, 0.4) is 0 Å². The molecule has 6 heteroatoms. The van der Waals surface area contributed by atoms with Crippen molar-refractivity contribution < 1.29 is 9.32 Å². The Bertz CT molecular complexity index is 1030. The van der Waals surface area contributed by atoms with Gasteiger partial charge in [0.25, 0.3) is 0 Å². The Morgan fingerprint density at radius 3 is 2.84 bits per heavy atom. The summed E-state index contributed by atoms with van der Waals surface area (Å²) in [4.78, 5) is 19.7. The van der Waals surface area contributed by atoms with E-state index in [4.69, 9.17) is 4.52 Å². The van der Waals surface area contributed by atoms with Gasteiger partial charge in [0.15, 0.2) is 0 Å². The Morgan fingerprint density at radius 2 is 2.03 bits per heavy atom. The summed E-state index contributed by atoms with van der Waals surface area (Å²) in [5.41, 5.74) is 4.53. The maximum Gasteiger partial charge on any atom is 0.241 e. The van der Waals surface area contributed by atoms with Gasteiger partial charge < -0.3 is 9.84 Å². The first kappa shape index (κ1) is 21.2. The molecule has 31 heavy (non-hydrogen) atoms. The van der Waals surface area contributed by atoms with Gasteiger partial charge >= 0.3 is 0 Å². The highest BCUT2D eigenvalue weighted by atomic mass is 16.5. The second kappa shape index (κ2) is 9.43. The van der Waals surface area contributed by atoms with Crippen LogP contribution in [0.15, 0.2) is 53.1 Å². The summed E-state index contributed by atoms with van der Waals surface area (Å²) in [7, 11) is 0. The van der Waals surface area contributed by atoms with Crippen molar-refractivity contribution >= 4 is 5.91 Å². The van der Waals surface area contributed by atoms with Crippen LogP contribution in [0.4, 0.5) is 0 Å². The van der Waals surface area contributed by atoms with E-state index in [-0.39, 0.29) is 17.9 Å². The summed E-state index contributed by atoms with van der Waals surface area (Å²) < 4.78 is 5.46. The first-order valence-electron chi connectivity index (χ1n) is 11.0. The smallest absolute Gasteiger partial charge is 0.241 e. The Kier molecular flexibility index (Phi) is 6.47. The van der Waals surface area contributed by atoms with Crippen molar-refractivity contribution in [3.8, 4) is 11.4 Å². The normalized spacial score (nSPS) is 18.0. The van der Waals surface area contributed by atoms with E-state index in [1.807, 2.05) is 30.3 Å². The van der Waals surface area contributed by atoms with E-state index in [1.54, 1.807) is 0 Å². The molecule has 0 spiro atoms. The molecule has 2 atom stereocenters. The molecule has 0 saturated carbocycles. The molecule has 0 radical (unpaired) electrons. The third-order valence-corrected chi connectivity index (χ3v) is 6.00. The van der Waals surface area contributed by atoms with Crippen LogP contribution in [0, 0.1) is 19.8 Å². The zero-order valence-corrected chi connectivity index (χ0v) is 18.5. The number of hydrogen-bond donors (Lipinski definition) is 1. The van der Waals surface area contributed by atoms with Crippen LogP contribution in [-0.4, -0.2) is 34.0 Å². The maximum atomic E-state index is 13.0. The highest BCUT2D eigenvalue weighted by molar-refractivity contribution is 5.79. The molecular formula is C25H30N4O2. The number of piperidine rings is 1. The lowest BCUT2D eigenvalue weighted by Gasteiger charge is -2.31. The third kappa shape index (κ3) is 5.20. The average Bonchev–Trinajstić information content (AvgIpc) is 3.24. The molecule has 1 saturated heterocycles. The first-order chi connectivity index (χ1) is 15.0. The highest BCUT2D eigenvalue weighted by Gasteiger charge is 2.28. The zero-order chi connectivity index (χ0) is 21.8. The molecule has 2 unspecified atom stereocenters. The van der Waals surface area contributed by atoms with Crippen molar-refractivity contribution in [2.45, 2.75) is 46.2 Å².